The molecular weight excluding hydrogens is 470 g/mol. The van der Waals surface area contributed by atoms with Crippen molar-refractivity contribution < 1.29 is 4.42 Å². The van der Waals surface area contributed by atoms with E-state index in [1.807, 2.05) is 6.20 Å². The number of fused-ring (bicyclic) bond motifs is 3. The van der Waals surface area contributed by atoms with Crippen LogP contribution in [0, 0.1) is 12.8 Å². The third kappa shape index (κ3) is 4.26. The van der Waals surface area contributed by atoms with Gasteiger partial charge in [0.2, 0.25) is 0 Å². The highest BCUT2D eigenvalue weighted by Gasteiger charge is 2.21. The second-order valence-electron chi connectivity index (χ2n) is 11.7. The van der Waals surface area contributed by atoms with Crippen LogP contribution in [0.4, 0.5) is 0 Å². The molecule has 2 nitrogen and oxygen atoms in total. The molecule has 0 amide bonds. The summed E-state index contributed by atoms with van der Waals surface area (Å²) in [6.45, 7) is 13.6. The van der Waals surface area contributed by atoms with Gasteiger partial charge in [0.1, 0.15) is 11.3 Å². The Morgan fingerprint density at radius 3 is 2.49 bits per heavy atom. The molecular formula is C34H33NOS. The largest absolute Gasteiger partial charge is 0.455 e. The number of nitrogens with zero attached hydrogens (tertiary/aromatic N) is 1. The van der Waals surface area contributed by atoms with Crippen molar-refractivity contribution in [3.05, 3.63) is 89.6 Å². The first-order valence-corrected chi connectivity index (χ1v) is 14.0. The zero-order valence-corrected chi connectivity index (χ0v) is 23.3. The first kappa shape index (κ1) is 23.9. The Bertz CT molecular complexity index is 1780. The molecule has 0 radical (unpaired) electrons. The van der Waals surface area contributed by atoms with E-state index < -0.39 is 0 Å². The Kier molecular flexibility index (Phi) is 5.72. The fourth-order valence-corrected chi connectivity index (χ4v) is 6.66. The van der Waals surface area contributed by atoms with E-state index >= 15 is 0 Å². The molecule has 0 bridgehead atoms. The molecule has 3 heterocycles. The van der Waals surface area contributed by atoms with E-state index in [1.54, 1.807) is 11.3 Å². The lowest BCUT2D eigenvalue weighted by Gasteiger charge is -2.22. The molecule has 0 saturated carbocycles. The fourth-order valence-electron chi connectivity index (χ4n) is 5.45. The number of hydrogen-bond donors (Lipinski definition) is 0. The lowest BCUT2D eigenvalue weighted by Crippen LogP contribution is -2.12. The first-order chi connectivity index (χ1) is 17.7. The van der Waals surface area contributed by atoms with Gasteiger partial charge in [-0.2, -0.15) is 0 Å². The van der Waals surface area contributed by atoms with E-state index in [0.717, 1.165) is 28.3 Å². The standard InChI is InChI=1S/C34H33NOS/c1-20(2)15-22-11-12-29-27(16-22)21(3)32(36-29)30-19-24-13-14-35-31(33(24)37-30)25-17-23-9-7-8-10-26(23)28(18-25)34(4,5)6/h7-14,16-20H,15H2,1-6H3. The summed E-state index contributed by atoms with van der Waals surface area (Å²) in [6, 6.07) is 24.3. The molecule has 6 aromatic rings. The smallest absolute Gasteiger partial charge is 0.148 e. The minimum Gasteiger partial charge on any atom is -0.455 e. The van der Waals surface area contributed by atoms with Crippen LogP contribution in [0.1, 0.15) is 51.3 Å². The van der Waals surface area contributed by atoms with Gasteiger partial charge in [-0.25, -0.2) is 0 Å². The number of aromatic nitrogens is 1. The molecule has 3 heteroatoms. The molecule has 0 spiro atoms. The number of pyridine rings is 1. The normalized spacial score (nSPS) is 12.4. The lowest BCUT2D eigenvalue weighted by atomic mass is 9.82. The Morgan fingerprint density at radius 2 is 1.70 bits per heavy atom. The maximum absolute atomic E-state index is 6.43. The second-order valence-corrected chi connectivity index (χ2v) is 12.7. The summed E-state index contributed by atoms with van der Waals surface area (Å²) in [5, 5.41) is 4.99. The van der Waals surface area contributed by atoms with Gasteiger partial charge in [-0.15, -0.1) is 11.3 Å². The molecule has 0 N–H and O–H groups in total. The van der Waals surface area contributed by atoms with Crippen LogP contribution in [0.15, 0.2) is 77.3 Å². The Morgan fingerprint density at radius 1 is 0.892 bits per heavy atom. The van der Waals surface area contributed by atoms with Gasteiger partial charge in [0, 0.05) is 22.7 Å². The van der Waals surface area contributed by atoms with Gasteiger partial charge in [0.15, 0.2) is 0 Å². The maximum Gasteiger partial charge on any atom is 0.148 e. The first-order valence-electron chi connectivity index (χ1n) is 13.1. The molecule has 0 aliphatic rings. The predicted molar refractivity (Wildman–Crippen MR) is 160 cm³/mol. The molecule has 0 atom stereocenters. The van der Waals surface area contributed by atoms with E-state index in [4.69, 9.17) is 9.40 Å². The molecule has 186 valence electrons. The van der Waals surface area contributed by atoms with E-state index in [1.165, 1.54) is 48.5 Å². The van der Waals surface area contributed by atoms with Gasteiger partial charge in [0.05, 0.1) is 15.3 Å². The maximum atomic E-state index is 6.43. The summed E-state index contributed by atoms with van der Waals surface area (Å²) in [5.74, 6) is 1.60. The average Bonchev–Trinajstić information content (AvgIpc) is 3.43. The van der Waals surface area contributed by atoms with E-state index in [0.29, 0.717) is 5.92 Å². The Hall–Kier alpha value is -3.43. The SMILES string of the molecule is Cc1c(-c2cc3ccnc(-c4cc(C(C)(C)C)c5ccccc5c4)c3s2)oc2ccc(CC(C)C)cc12. The van der Waals surface area contributed by atoms with Crippen molar-refractivity contribution in [2.45, 2.75) is 53.4 Å². The fraction of sp³-hybridized carbons (Fsp3) is 0.265. The number of benzene rings is 3. The molecule has 6 rings (SSSR count). The highest BCUT2D eigenvalue weighted by atomic mass is 32.1. The quantitative estimate of drug-likeness (QED) is 0.239. The zero-order valence-electron chi connectivity index (χ0n) is 22.5. The molecule has 0 aliphatic carbocycles. The van der Waals surface area contributed by atoms with Gasteiger partial charge in [-0.3, -0.25) is 4.98 Å². The molecule has 37 heavy (non-hydrogen) atoms. The highest BCUT2D eigenvalue weighted by Crippen LogP contribution is 2.43. The van der Waals surface area contributed by atoms with Crippen molar-refractivity contribution in [3.63, 3.8) is 0 Å². The van der Waals surface area contributed by atoms with Crippen molar-refractivity contribution in [2.24, 2.45) is 5.92 Å². The minimum absolute atomic E-state index is 0.0317. The summed E-state index contributed by atoms with van der Waals surface area (Å²) in [6.07, 6.45) is 3.01. The van der Waals surface area contributed by atoms with Crippen LogP contribution in [0.25, 0.3) is 53.7 Å². The van der Waals surface area contributed by atoms with E-state index in [2.05, 4.69) is 108 Å². The van der Waals surface area contributed by atoms with Crippen LogP contribution in [0.3, 0.4) is 0 Å². The van der Waals surface area contributed by atoms with Crippen LogP contribution in [-0.2, 0) is 11.8 Å². The van der Waals surface area contributed by atoms with Crippen molar-refractivity contribution in [3.8, 4) is 21.9 Å². The van der Waals surface area contributed by atoms with Gasteiger partial charge in [-0.05, 0) is 88.4 Å². The molecule has 3 aromatic carbocycles. The lowest BCUT2D eigenvalue weighted by molar-refractivity contribution is 0.596. The van der Waals surface area contributed by atoms with Gasteiger partial charge >= 0.3 is 0 Å². The number of aryl methyl sites for hydroxylation is 1. The van der Waals surface area contributed by atoms with Crippen molar-refractivity contribution in [2.75, 3.05) is 0 Å². The molecule has 0 saturated heterocycles. The Labute approximate surface area is 223 Å². The molecule has 0 fully saturated rings. The number of thiophene rings is 1. The van der Waals surface area contributed by atoms with Crippen LogP contribution in [0.5, 0.6) is 0 Å². The summed E-state index contributed by atoms with van der Waals surface area (Å²) in [5.41, 5.74) is 7.13. The molecule has 3 aromatic heterocycles. The van der Waals surface area contributed by atoms with Crippen LogP contribution < -0.4 is 0 Å². The molecule has 0 unspecified atom stereocenters. The van der Waals surface area contributed by atoms with Gasteiger partial charge in [0.25, 0.3) is 0 Å². The summed E-state index contributed by atoms with van der Waals surface area (Å²) < 4.78 is 7.63. The minimum atomic E-state index is 0.0317. The van der Waals surface area contributed by atoms with Crippen molar-refractivity contribution >= 4 is 43.2 Å². The van der Waals surface area contributed by atoms with Crippen LogP contribution in [0.2, 0.25) is 0 Å². The van der Waals surface area contributed by atoms with E-state index in [9.17, 15) is 0 Å². The van der Waals surface area contributed by atoms with Gasteiger partial charge in [-0.1, -0.05) is 65.0 Å². The molecule has 0 aliphatic heterocycles. The monoisotopic (exact) mass is 503 g/mol. The van der Waals surface area contributed by atoms with Crippen molar-refractivity contribution in [1.82, 2.24) is 4.98 Å². The second kappa shape index (κ2) is 8.85. The number of furan rings is 1. The number of rotatable bonds is 4. The van der Waals surface area contributed by atoms with Crippen LogP contribution in [-0.4, -0.2) is 4.98 Å². The third-order valence-corrected chi connectivity index (χ3v) is 8.40. The average molecular weight is 504 g/mol. The summed E-state index contributed by atoms with van der Waals surface area (Å²) >= 11 is 1.78. The third-order valence-electron chi connectivity index (χ3n) is 7.25. The zero-order chi connectivity index (χ0) is 25.9. The summed E-state index contributed by atoms with van der Waals surface area (Å²) in [4.78, 5) is 6.05. The summed E-state index contributed by atoms with van der Waals surface area (Å²) in [7, 11) is 0. The highest BCUT2D eigenvalue weighted by molar-refractivity contribution is 7.22. The van der Waals surface area contributed by atoms with E-state index in [-0.39, 0.29) is 5.41 Å². The predicted octanol–water partition coefficient (Wildman–Crippen LogP) is 10.3. The Balaban J connectivity index is 1.51. The van der Waals surface area contributed by atoms with Crippen molar-refractivity contribution in [1.29, 1.82) is 0 Å². The van der Waals surface area contributed by atoms with Gasteiger partial charge < -0.3 is 4.42 Å². The number of hydrogen-bond acceptors (Lipinski definition) is 3. The topological polar surface area (TPSA) is 26.0 Å². The van der Waals surface area contributed by atoms with Crippen LogP contribution >= 0.6 is 11.3 Å².